The summed E-state index contributed by atoms with van der Waals surface area (Å²) in [6.45, 7) is 0.801. The van der Waals surface area contributed by atoms with Crippen molar-refractivity contribution in [3.8, 4) is 0 Å². The first-order valence-corrected chi connectivity index (χ1v) is 3.51. The summed E-state index contributed by atoms with van der Waals surface area (Å²) < 4.78 is 0. The third-order valence-corrected chi connectivity index (χ3v) is 1.77. The van der Waals surface area contributed by atoms with E-state index in [1.165, 1.54) is 0 Å². The van der Waals surface area contributed by atoms with Crippen LogP contribution in [0.25, 0.3) is 0 Å². The second kappa shape index (κ2) is 2.06. The van der Waals surface area contributed by atoms with Crippen LogP contribution in [0.1, 0.15) is 0 Å². The van der Waals surface area contributed by atoms with Gasteiger partial charge in [0.25, 0.3) is 0 Å². The summed E-state index contributed by atoms with van der Waals surface area (Å²) in [5.74, 6) is 0. The zero-order valence-electron chi connectivity index (χ0n) is 5.32. The maximum atomic E-state index is 5.76. The van der Waals surface area contributed by atoms with Crippen molar-refractivity contribution in [2.45, 2.75) is 0 Å². The van der Waals surface area contributed by atoms with Crippen LogP contribution in [0.4, 0.5) is 11.4 Å². The second-order valence-electron chi connectivity index (χ2n) is 2.22. The summed E-state index contributed by atoms with van der Waals surface area (Å²) in [6.07, 6.45) is 0. The zero-order valence-corrected chi connectivity index (χ0v) is 6.07. The summed E-state index contributed by atoms with van der Waals surface area (Å²) in [6, 6.07) is 5.76. The van der Waals surface area contributed by atoms with Gasteiger partial charge in [-0.15, -0.1) is 0 Å². The number of hydrogen-bond donors (Lipinski definition) is 2. The van der Waals surface area contributed by atoms with Crippen LogP contribution in [0.3, 0.4) is 0 Å². The molecule has 10 heavy (non-hydrogen) atoms. The van der Waals surface area contributed by atoms with E-state index in [0.717, 1.165) is 23.1 Å². The molecule has 1 aromatic carbocycles. The molecule has 1 aliphatic heterocycles. The number of anilines is 2. The van der Waals surface area contributed by atoms with Gasteiger partial charge in [-0.25, -0.2) is 0 Å². The lowest BCUT2D eigenvalue weighted by atomic mass is 10.3. The summed E-state index contributed by atoms with van der Waals surface area (Å²) in [4.78, 5) is 0. The predicted octanol–water partition coefficient (Wildman–Crippen LogP) is 2.13. The minimum atomic E-state index is 0.773. The highest BCUT2D eigenvalue weighted by atomic mass is 35.5. The number of halogens is 1. The zero-order chi connectivity index (χ0) is 6.97. The lowest BCUT2D eigenvalue weighted by molar-refractivity contribution is 1.31. The van der Waals surface area contributed by atoms with Crippen molar-refractivity contribution in [2.75, 3.05) is 17.3 Å². The molecule has 2 nitrogen and oxygen atoms in total. The van der Waals surface area contributed by atoms with Crippen LogP contribution >= 0.6 is 11.6 Å². The smallest absolute Gasteiger partial charge is 0.0850 e. The SMILES string of the molecule is Clc1ccc2c(c1)NCN2. The van der Waals surface area contributed by atoms with E-state index in [1.807, 2.05) is 18.2 Å². The Hall–Kier alpha value is -0.890. The Morgan fingerprint density at radius 2 is 2.00 bits per heavy atom. The molecule has 0 bridgehead atoms. The Labute approximate surface area is 64.2 Å². The average Bonchev–Trinajstić information content (AvgIpc) is 2.33. The molecule has 0 unspecified atom stereocenters. The molecule has 0 aromatic heterocycles. The minimum absolute atomic E-state index is 0.773. The fraction of sp³-hybridized carbons (Fsp3) is 0.143. The largest absolute Gasteiger partial charge is 0.366 e. The van der Waals surface area contributed by atoms with Gasteiger partial charge in [-0.3, -0.25) is 0 Å². The Kier molecular flexibility index (Phi) is 1.21. The minimum Gasteiger partial charge on any atom is -0.366 e. The highest BCUT2D eigenvalue weighted by Crippen LogP contribution is 2.28. The van der Waals surface area contributed by atoms with Crippen molar-refractivity contribution in [2.24, 2.45) is 0 Å². The summed E-state index contributed by atoms with van der Waals surface area (Å²) in [5.41, 5.74) is 2.22. The first kappa shape index (κ1) is 5.86. The lowest BCUT2D eigenvalue weighted by Crippen LogP contribution is -1.98. The van der Waals surface area contributed by atoms with E-state index in [4.69, 9.17) is 11.6 Å². The standard InChI is InChI=1S/C7H7ClN2/c8-5-1-2-6-7(3-5)10-4-9-6/h1-3,9-10H,4H2. The van der Waals surface area contributed by atoms with E-state index in [-0.39, 0.29) is 0 Å². The first-order valence-electron chi connectivity index (χ1n) is 3.13. The van der Waals surface area contributed by atoms with Gasteiger partial charge in [-0.05, 0) is 18.2 Å². The van der Waals surface area contributed by atoms with Crippen molar-refractivity contribution in [3.63, 3.8) is 0 Å². The van der Waals surface area contributed by atoms with Crippen molar-refractivity contribution in [1.82, 2.24) is 0 Å². The van der Waals surface area contributed by atoms with Gasteiger partial charge in [0, 0.05) is 5.02 Å². The molecule has 0 saturated carbocycles. The molecule has 0 fully saturated rings. The van der Waals surface area contributed by atoms with E-state index in [0.29, 0.717) is 0 Å². The molecular formula is C7H7ClN2. The van der Waals surface area contributed by atoms with E-state index < -0.39 is 0 Å². The van der Waals surface area contributed by atoms with Gasteiger partial charge in [-0.2, -0.15) is 0 Å². The van der Waals surface area contributed by atoms with Crippen LogP contribution in [0.2, 0.25) is 5.02 Å². The van der Waals surface area contributed by atoms with Gasteiger partial charge in [0.2, 0.25) is 0 Å². The van der Waals surface area contributed by atoms with E-state index in [2.05, 4.69) is 10.6 Å². The van der Waals surface area contributed by atoms with Crippen LogP contribution in [0, 0.1) is 0 Å². The van der Waals surface area contributed by atoms with E-state index in [9.17, 15) is 0 Å². The number of fused-ring (bicyclic) bond motifs is 1. The van der Waals surface area contributed by atoms with Crippen molar-refractivity contribution in [1.29, 1.82) is 0 Å². The Morgan fingerprint density at radius 3 is 2.90 bits per heavy atom. The second-order valence-corrected chi connectivity index (χ2v) is 2.66. The lowest BCUT2D eigenvalue weighted by Gasteiger charge is -1.96. The van der Waals surface area contributed by atoms with E-state index in [1.54, 1.807) is 0 Å². The molecule has 0 radical (unpaired) electrons. The molecule has 52 valence electrons. The maximum Gasteiger partial charge on any atom is 0.0850 e. The van der Waals surface area contributed by atoms with Crippen LogP contribution in [-0.2, 0) is 0 Å². The Morgan fingerprint density at radius 1 is 1.20 bits per heavy atom. The Balaban J connectivity index is 2.52. The monoisotopic (exact) mass is 154 g/mol. The van der Waals surface area contributed by atoms with Crippen molar-refractivity contribution in [3.05, 3.63) is 23.2 Å². The molecular weight excluding hydrogens is 148 g/mol. The summed E-state index contributed by atoms with van der Waals surface area (Å²) >= 11 is 5.76. The normalized spacial score (nSPS) is 13.7. The quantitative estimate of drug-likeness (QED) is 0.598. The Bertz CT molecular complexity index is 260. The number of rotatable bonds is 0. The summed E-state index contributed by atoms with van der Waals surface area (Å²) in [7, 11) is 0. The van der Waals surface area contributed by atoms with E-state index >= 15 is 0 Å². The molecule has 2 rings (SSSR count). The van der Waals surface area contributed by atoms with Gasteiger partial charge in [-0.1, -0.05) is 11.6 Å². The molecule has 3 heteroatoms. The number of hydrogen-bond acceptors (Lipinski definition) is 2. The van der Waals surface area contributed by atoms with Crippen LogP contribution < -0.4 is 10.6 Å². The van der Waals surface area contributed by atoms with Crippen LogP contribution in [0.5, 0.6) is 0 Å². The van der Waals surface area contributed by atoms with Crippen LogP contribution in [-0.4, -0.2) is 6.67 Å². The first-order chi connectivity index (χ1) is 4.86. The maximum absolute atomic E-state index is 5.76. The fourth-order valence-electron chi connectivity index (χ4n) is 1.05. The molecule has 1 aliphatic rings. The molecule has 1 aromatic rings. The molecule has 1 heterocycles. The van der Waals surface area contributed by atoms with Gasteiger partial charge < -0.3 is 10.6 Å². The topological polar surface area (TPSA) is 24.1 Å². The van der Waals surface area contributed by atoms with Crippen molar-refractivity contribution >= 4 is 23.0 Å². The molecule has 0 spiro atoms. The van der Waals surface area contributed by atoms with Gasteiger partial charge >= 0.3 is 0 Å². The van der Waals surface area contributed by atoms with Crippen molar-refractivity contribution < 1.29 is 0 Å². The van der Waals surface area contributed by atoms with Gasteiger partial charge in [0.05, 0.1) is 18.0 Å². The predicted molar refractivity (Wildman–Crippen MR) is 43.6 cm³/mol. The summed E-state index contributed by atoms with van der Waals surface area (Å²) in [5, 5.41) is 7.08. The van der Waals surface area contributed by atoms with Gasteiger partial charge in [0.1, 0.15) is 0 Å². The number of nitrogens with one attached hydrogen (secondary N) is 2. The average molecular weight is 155 g/mol. The molecule has 0 aliphatic carbocycles. The third-order valence-electron chi connectivity index (χ3n) is 1.54. The molecule has 0 amide bonds. The molecule has 0 saturated heterocycles. The molecule has 0 atom stereocenters. The van der Waals surface area contributed by atoms with Crippen LogP contribution in [0.15, 0.2) is 18.2 Å². The third kappa shape index (κ3) is 0.809. The number of benzene rings is 1. The van der Waals surface area contributed by atoms with Gasteiger partial charge in [0.15, 0.2) is 0 Å². The fourth-order valence-corrected chi connectivity index (χ4v) is 1.22. The highest BCUT2D eigenvalue weighted by molar-refractivity contribution is 6.31. The molecule has 2 N–H and O–H groups in total. The highest BCUT2D eigenvalue weighted by Gasteiger charge is 2.07.